The van der Waals surface area contributed by atoms with Crippen LogP contribution in [0.2, 0.25) is 0 Å². The Bertz CT molecular complexity index is 823. The minimum absolute atomic E-state index is 0.455. The Labute approximate surface area is 151 Å². The fourth-order valence-corrected chi connectivity index (χ4v) is 3.48. The van der Waals surface area contributed by atoms with Crippen LogP contribution in [-0.4, -0.2) is 27.1 Å². The Balaban J connectivity index is 2.24. The fourth-order valence-electron chi connectivity index (χ4n) is 2.89. The second kappa shape index (κ2) is 7.08. The number of alkyl halides is 3. The van der Waals surface area contributed by atoms with Gasteiger partial charge in [-0.05, 0) is 43.5 Å². The van der Waals surface area contributed by atoms with Gasteiger partial charge in [-0.15, -0.1) is 0 Å². The normalized spacial score (nSPS) is 24.0. The number of hydrogen-bond acceptors (Lipinski definition) is 4. The molecule has 1 aliphatic carbocycles. The SMILES string of the molecule is COc1ccc(CC2(C)C=CC(OS(=O)(=O)C(F)(F)F)C(C)=C2C)cc1. The molecule has 2 rings (SSSR count). The van der Waals surface area contributed by atoms with Gasteiger partial charge in [0.1, 0.15) is 11.9 Å². The lowest BCUT2D eigenvalue weighted by Gasteiger charge is -2.35. The van der Waals surface area contributed by atoms with Crippen LogP contribution < -0.4 is 4.74 Å². The molecular weight excluding hydrogens is 369 g/mol. The van der Waals surface area contributed by atoms with Gasteiger partial charge >= 0.3 is 15.6 Å². The maximum absolute atomic E-state index is 12.6. The summed E-state index contributed by atoms with van der Waals surface area (Å²) in [5.74, 6) is 0.729. The first-order chi connectivity index (χ1) is 11.9. The number of hydrogen-bond donors (Lipinski definition) is 0. The molecule has 0 N–H and O–H groups in total. The first kappa shape index (κ1) is 20.5. The predicted molar refractivity (Wildman–Crippen MR) is 92.2 cm³/mol. The molecule has 26 heavy (non-hydrogen) atoms. The van der Waals surface area contributed by atoms with E-state index in [-0.39, 0.29) is 0 Å². The molecule has 1 aromatic rings. The van der Waals surface area contributed by atoms with Crippen LogP contribution in [0.5, 0.6) is 5.75 Å². The topological polar surface area (TPSA) is 52.6 Å². The van der Waals surface area contributed by atoms with Crippen molar-refractivity contribution in [1.29, 1.82) is 0 Å². The van der Waals surface area contributed by atoms with E-state index in [0.29, 0.717) is 12.0 Å². The molecule has 0 fully saturated rings. The Kier molecular flexibility index (Phi) is 5.58. The van der Waals surface area contributed by atoms with Crippen molar-refractivity contribution in [3.63, 3.8) is 0 Å². The van der Waals surface area contributed by atoms with Crippen LogP contribution in [0.15, 0.2) is 47.6 Å². The fraction of sp³-hybridized carbons (Fsp3) is 0.444. The first-order valence-electron chi connectivity index (χ1n) is 7.89. The highest BCUT2D eigenvalue weighted by molar-refractivity contribution is 7.87. The van der Waals surface area contributed by atoms with Crippen LogP contribution >= 0.6 is 0 Å². The number of ether oxygens (including phenoxy) is 1. The van der Waals surface area contributed by atoms with Crippen molar-refractivity contribution in [2.24, 2.45) is 5.41 Å². The van der Waals surface area contributed by atoms with Gasteiger partial charge in [0.05, 0.1) is 7.11 Å². The third kappa shape index (κ3) is 4.12. The van der Waals surface area contributed by atoms with Crippen LogP contribution in [0.3, 0.4) is 0 Å². The second-order valence-electron chi connectivity index (χ2n) is 6.53. The highest BCUT2D eigenvalue weighted by Crippen LogP contribution is 2.40. The summed E-state index contributed by atoms with van der Waals surface area (Å²) < 4.78 is 69.7. The van der Waals surface area contributed by atoms with Crippen molar-refractivity contribution in [2.75, 3.05) is 7.11 Å². The molecule has 4 nitrogen and oxygen atoms in total. The summed E-state index contributed by atoms with van der Waals surface area (Å²) in [5.41, 5.74) is -3.65. The average Bonchev–Trinajstić information content (AvgIpc) is 2.55. The quantitative estimate of drug-likeness (QED) is 0.425. The van der Waals surface area contributed by atoms with Crippen LogP contribution in [0, 0.1) is 5.41 Å². The summed E-state index contributed by atoms with van der Waals surface area (Å²) in [6.07, 6.45) is 2.42. The number of allylic oxidation sites excluding steroid dienone is 2. The highest BCUT2D eigenvalue weighted by atomic mass is 32.2. The molecule has 0 radical (unpaired) electrons. The molecule has 1 aliphatic rings. The maximum Gasteiger partial charge on any atom is 0.523 e. The van der Waals surface area contributed by atoms with Crippen LogP contribution in [0.4, 0.5) is 13.2 Å². The van der Waals surface area contributed by atoms with E-state index < -0.39 is 27.1 Å². The molecule has 0 aliphatic heterocycles. The van der Waals surface area contributed by atoms with Gasteiger partial charge in [-0.2, -0.15) is 21.6 Å². The van der Waals surface area contributed by atoms with Crippen molar-refractivity contribution >= 4 is 10.1 Å². The number of methoxy groups -OCH3 is 1. The molecule has 144 valence electrons. The maximum atomic E-state index is 12.6. The summed E-state index contributed by atoms with van der Waals surface area (Å²) in [5, 5.41) is 0. The van der Waals surface area contributed by atoms with Crippen molar-refractivity contribution in [3.8, 4) is 5.75 Å². The minimum Gasteiger partial charge on any atom is -0.497 e. The Morgan fingerprint density at radius 3 is 2.23 bits per heavy atom. The number of halogens is 3. The molecule has 0 bridgehead atoms. The van der Waals surface area contributed by atoms with Crippen LogP contribution in [0.1, 0.15) is 26.3 Å². The van der Waals surface area contributed by atoms with E-state index >= 15 is 0 Å². The average molecular weight is 390 g/mol. The number of benzene rings is 1. The molecule has 0 spiro atoms. The van der Waals surface area contributed by atoms with Gasteiger partial charge in [-0.1, -0.05) is 36.8 Å². The molecule has 2 atom stereocenters. The Hall–Kier alpha value is -1.80. The van der Waals surface area contributed by atoms with Gasteiger partial charge in [-0.3, -0.25) is 4.18 Å². The standard InChI is InChI=1S/C18H21F3O4S/c1-12-13(2)17(3,11-14-5-7-15(24-4)8-6-14)10-9-16(12)25-26(22,23)18(19,20)21/h5-10,16H,11H2,1-4H3. The Morgan fingerprint density at radius 2 is 1.73 bits per heavy atom. The van der Waals surface area contributed by atoms with Gasteiger partial charge < -0.3 is 4.74 Å². The van der Waals surface area contributed by atoms with E-state index in [9.17, 15) is 21.6 Å². The van der Waals surface area contributed by atoms with Crippen molar-refractivity contribution in [3.05, 3.63) is 53.1 Å². The van der Waals surface area contributed by atoms with Crippen molar-refractivity contribution in [1.82, 2.24) is 0 Å². The van der Waals surface area contributed by atoms with Crippen molar-refractivity contribution < 1.29 is 30.5 Å². The molecule has 0 aromatic heterocycles. The van der Waals surface area contributed by atoms with E-state index in [1.54, 1.807) is 27.0 Å². The van der Waals surface area contributed by atoms with Gasteiger partial charge in [-0.25, -0.2) is 0 Å². The van der Waals surface area contributed by atoms with Crippen LogP contribution in [-0.2, 0) is 20.7 Å². The summed E-state index contributed by atoms with van der Waals surface area (Å²) in [6, 6.07) is 7.49. The monoisotopic (exact) mass is 390 g/mol. The number of rotatable bonds is 5. The molecule has 0 saturated heterocycles. The van der Waals surface area contributed by atoms with Gasteiger partial charge in [0, 0.05) is 5.41 Å². The molecule has 2 unspecified atom stereocenters. The first-order valence-corrected chi connectivity index (χ1v) is 9.30. The highest BCUT2D eigenvalue weighted by Gasteiger charge is 2.49. The van der Waals surface area contributed by atoms with Gasteiger partial charge in [0.15, 0.2) is 0 Å². The molecule has 8 heteroatoms. The largest absolute Gasteiger partial charge is 0.523 e. The second-order valence-corrected chi connectivity index (χ2v) is 8.09. The third-order valence-electron chi connectivity index (χ3n) is 4.76. The van der Waals surface area contributed by atoms with Crippen LogP contribution in [0.25, 0.3) is 0 Å². The summed E-state index contributed by atoms with van der Waals surface area (Å²) in [6.45, 7) is 5.31. The predicted octanol–water partition coefficient (Wildman–Crippen LogP) is 4.39. The summed E-state index contributed by atoms with van der Waals surface area (Å²) >= 11 is 0. The van der Waals surface area contributed by atoms with Gasteiger partial charge in [0.2, 0.25) is 0 Å². The summed E-state index contributed by atoms with van der Waals surface area (Å²) in [4.78, 5) is 0. The zero-order valence-corrected chi connectivity index (χ0v) is 15.7. The Morgan fingerprint density at radius 1 is 1.15 bits per heavy atom. The van der Waals surface area contributed by atoms with E-state index in [1.165, 1.54) is 6.08 Å². The van der Waals surface area contributed by atoms with Gasteiger partial charge in [0.25, 0.3) is 0 Å². The molecule has 0 heterocycles. The minimum atomic E-state index is -5.66. The third-order valence-corrected chi connectivity index (χ3v) is 5.79. The molecule has 1 aromatic carbocycles. The zero-order valence-electron chi connectivity index (χ0n) is 14.9. The van der Waals surface area contributed by atoms with E-state index in [1.807, 2.05) is 31.2 Å². The lowest BCUT2D eigenvalue weighted by molar-refractivity contribution is -0.0552. The lowest BCUT2D eigenvalue weighted by atomic mass is 9.72. The smallest absolute Gasteiger partial charge is 0.497 e. The van der Waals surface area contributed by atoms with Crippen molar-refractivity contribution in [2.45, 2.75) is 38.8 Å². The molecular formula is C18H21F3O4S. The zero-order chi connectivity index (χ0) is 19.8. The molecule has 0 saturated carbocycles. The molecule has 0 amide bonds. The van der Waals surface area contributed by atoms with E-state index in [2.05, 4.69) is 4.18 Å². The van der Waals surface area contributed by atoms with E-state index in [4.69, 9.17) is 4.74 Å². The summed E-state index contributed by atoms with van der Waals surface area (Å²) in [7, 11) is -4.08. The van der Waals surface area contributed by atoms with E-state index in [0.717, 1.165) is 16.9 Å². The lowest BCUT2D eigenvalue weighted by Crippen LogP contribution is -2.33.